The first-order valence-corrected chi connectivity index (χ1v) is 9.06. The topological polar surface area (TPSA) is 95.9 Å². The van der Waals surface area contributed by atoms with Gasteiger partial charge in [-0.15, -0.1) is 0 Å². The van der Waals surface area contributed by atoms with E-state index in [4.69, 9.17) is 9.84 Å². The van der Waals surface area contributed by atoms with Gasteiger partial charge in [0, 0.05) is 23.8 Å². The minimum absolute atomic E-state index is 0.0125. The van der Waals surface area contributed by atoms with Gasteiger partial charge in [-0.1, -0.05) is 0 Å². The predicted molar refractivity (Wildman–Crippen MR) is 95.0 cm³/mol. The summed E-state index contributed by atoms with van der Waals surface area (Å²) < 4.78 is 5.24. The van der Waals surface area contributed by atoms with E-state index in [9.17, 15) is 14.4 Å². The molecule has 3 rings (SSSR count). The van der Waals surface area contributed by atoms with Gasteiger partial charge in [-0.2, -0.15) is 0 Å². The normalized spacial score (nSPS) is 25.7. The molecule has 1 aromatic rings. The maximum Gasteiger partial charge on any atom is 0.332 e. The standard InChI is InChI=1S/C19H24N2O5/c1-12-4-2-3-11-21(12)18(23)13-5-7-14(8-6-13)20-17(22)15-9-10-16(26-15)19(24)25/h5-8,12,15-16H,2-4,9-11H2,1H3,(H,20,22)(H,24,25)/t12?,15-,16+/m0/s1. The Kier molecular flexibility index (Phi) is 5.56. The van der Waals surface area contributed by atoms with Crippen molar-refractivity contribution in [2.24, 2.45) is 0 Å². The van der Waals surface area contributed by atoms with Crippen molar-refractivity contribution >= 4 is 23.5 Å². The molecule has 140 valence electrons. The molecule has 7 nitrogen and oxygen atoms in total. The minimum atomic E-state index is -1.05. The number of carboxylic acids is 1. The van der Waals surface area contributed by atoms with Crippen molar-refractivity contribution in [2.75, 3.05) is 11.9 Å². The number of ether oxygens (including phenoxy) is 1. The molecular weight excluding hydrogens is 336 g/mol. The van der Waals surface area contributed by atoms with E-state index < -0.39 is 18.2 Å². The molecule has 0 bridgehead atoms. The summed E-state index contributed by atoms with van der Waals surface area (Å²) in [6, 6.07) is 7.02. The van der Waals surface area contributed by atoms with Crippen molar-refractivity contribution in [3.8, 4) is 0 Å². The van der Waals surface area contributed by atoms with Gasteiger partial charge in [0.1, 0.15) is 6.10 Å². The first-order chi connectivity index (χ1) is 12.5. The van der Waals surface area contributed by atoms with Gasteiger partial charge in [-0.3, -0.25) is 9.59 Å². The van der Waals surface area contributed by atoms with E-state index in [1.54, 1.807) is 24.3 Å². The lowest BCUT2D eigenvalue weighted by Gasteiger charge is -2.33. The highest BCUT2D eigenvalue weighted by molar-refractivity contribution is 5.97. The number of nitrogens with one attached hydrogen (secondary N) is 1. The van der Waals surface area contributed by atoms with Crippen LogP contribution >= 0.6 is 0 Å². The van der Waals surface area contributed by atoms with Crippen molar-refractivity contribution in [3.63, 3.8) is 0 Å². The van der Waals surface area contributed by atoms with Crippen LogP contribution in [0.1, 0.15) is 49.4 Å². The van der Waals surface area contributed by atoms with Gasteiger partial charge in [0.25, 0.3) is 11.8 Å². The maximum absolute atomic E-state index is 12.6. The molecule has 0 saturated carbocycles. The second-order valence-corrected chi connectivity index (χ2v) is 6.94. The number of carboxylic acid groups (broad SMARTS) is 1. The number of rotatable bonds is 4. The molecule has 7 heteroatoms. The zero-order chi connectivity index (χ0) is 18.7. The van der Waals surface area contributed by atoms with Crippen molar-refractivity contribution in [3.05, 3.63) is 29.8 Å². The summed E-state index contributed by atoms with van der Waals surface area (Å²) in [4.78, 5) is 37.6. The van der Waals surface area contributed by atoms with E-state index in [-0.39, 0.29) is 17.9 Å². The molecular formula is C19H24N2O5. The number of hydrogen-bond donors (Lipinski definition) is 2. The molecule has 26 heavy (non-hydrogen) atoms. The Labute approximate surface area is 152 Å². The molecule has 2 aliphatic rings. The zero-order valence-electron chi connectivity index (χ0n) is 14.8. The van der Waals surface area contributed by atoms with Gasteiger partial charge in [0.05, 0.1) is 0 Å². The van der Waals surface area contributed by atoms with E-state index in [1.165, 1.54) is 0 Å². The van der Waals surface area contributed by atoms with Crippen LogP contribution in [0.15, 0.2) is 24.3 Å². The summed E-state index contributed by atoms with van der Waals surface area (Å²) >= 11 is 0. The van der Waals surface area contributed by atoms with Crippen molar-refractivity contribution < 1.29 is 24.2 Å². The smallest absolute Gasteiger partial charge is 0.332 e. The molecule has 0 aliphatic carbocycles. The third-order valence-electron chi connectivity index (χ3n) is 5.05. The molecule has 1 aromatic carbocycles. The number of likely N-dealkylation sites (tertiary alicyclic amines) is 1. The lowest BCUT2D eigenvalue weighted by molar-refractivity contribution is -0.150. The minimum Gasteiger partial charge on any atom is -0.479 e. The number of anilines is 1. The van der Waals surface area contributed by atoms with Crippen LogP contribution in [-0.2, 0) is 14.3 Å². The summed E-state index contributed by atoms with van der Waals surface area (Å²) in [7, 11) is 0. The first kappa shape index (κ1) is 18.4. The number of aliphatic carboxylic acids is 1. The molecule has 2 fully saturated rings. The molecule has 0 aromatic heterocycles. The van der Waals surface area contributed by atoms with Crippen LogP contribution in [0.25, 0.3) is 0 Å². The number of hydrogen-bond acceptors (Lipinski definition) is 4. The third-order valence-corrected chi connectivity index (χ3v) is 5.05. The van der Waals surface area contributed by atoms with Gasteiger partial charge >= 0.3 is 5.97 Å². The summed E-state index contributed by atoms with van der Waals surface area (Å²) in [5.74, 6) is -1.40. The van der Waals surface area contributed by atoms with Crippen LogP contribution in [0.5, 0.6) is 0 Å². The number of carbonyl (C=O) groups is 3. The highest BCUT2D eigenvalue weighted by atomic mass is 16.5. The van der Waals surface area contributed by atoms with E-state index in [0.29, 0.717) is 24.1 Å². The number of nitrogens with zero attached hydrogens (tertiary/aromatic N) is 1. The first-order valence-electron chi connectivity index (χ1n) is 9.06. The summed E-state index contributed by atoms with van der Waals surface area (Å²) in [6.45, 7) is 2.85. The lowest BCUT2D eigenvalue weighted by Crippen LogP contribution is -2.42. The molecule has 2 amide bonds. The molecule has 2 N–H and O–H groups in total. The van der Waals surface area contributed by atoms with Gasteiger partial charge in [0.2, 0.25) is 0 Å². The SMILES string of the molecule is CC1CCCCN1C(=O)c1ccc(NC(=O)[C@@H]2CC[C@H](C(=O)O)O2)cc1. The Hall–Kier alpha value is -2.41. The van der Waals surface area contributed by atoms with Crippen LogP contribution in [0.3, 0.4) is 0 Å². The molecule has 2 saturated heterocycles. The van der Waals surface area contributed by atoms with Gasteiger partial charge in [0.15, 0.2) is 6.10 Å². The van der Waals surface area contributed by atoms with Crippen LogP contribution in [0, 0.1) is 0 Å². The fourth-order valence-electron chi connectivity index (χ4n) is 3.50. The molecule has 2 aliphatic heterocycles. The van der Waals surface area contributed by atoms with Gasteiger partial charge in [-0.05, 0) is 63.3 Å². The van der Waals surface area contributed by atoms with Crippen LogP contribution < -0.4 is 5.32 Å². The Morgan fingerprint density at radius 3 is 2.38 bits per heavy atom. The molecule has 2 heterocycles. The second-order valence-electron chi connectivity index (χ2n) is 6.94. The second kappa shape index (κ2) is 7.86. The number of carbonyl (C=O) groups excluding carboxylic acids is 2. The average molecular weight is 360 g/mol. The fourth-order valence-corrected chi connectivity index (χ4v) is 3.50. The average Bonchev–Trinajstić information content (AvgIpc) is 3.13. The van der Waals surface area contributed by atoms with E-state index >= 15 is 0 Å². The number of amides is 2. The van der Waals surface area contributed by atoms with E-state index in [1.807, 2.05) is 4.90 Å². The third kappa shape index (κ3) is 4.04. The van der Waals surface area contributed by atoms with Gasteiger partial charge in [-0.25, -0.2) is 4.79 Å². The Bertz CT molecular complexity index is 688. The van der Waals surface area contributed by atoms with E-state index in [2.05, 4.69) is 12.2 Å². The monoisotopic (exact) mass is 360 g/mol. The molecule has 0 spiro atoms. The molecule has 1 unspecified atom stereocenters. The zero-order valence-corrected chi connectivity index (χ0v) is 14.8. The summed E-state index contributed by atoms with van der Waals surface area (Å²) in [5.41, 5.74) is 1.15. The van der Waals surface area contributed by atoms with Crippen molar-refractivity contribution in [1.82, 2.24) is 4.90 Å². The summed E-state index contributed by atoms with van der Waals surface area (Å²) in [6.07, 6.45) is 2.24. The quantitative estimate of drug-likeness (QED) is 0.859. The van der Waals surface area contributed by atoms with Crippen LogP contribution in [-0.4, -0.2) is 52.6 Å². The Morgan fingerprint density at radius 2 is 1.77 bits per heavy atom. The molecule has 3 atom stereocenters. The Morgan fingerprint density at radius 1 is 1.08 bits per heavy atom. The highest BCUT2D eigenvalue weighted by Crippen LogP contribution is 2.23. The number of piperidine rings is 1. The van der Waals surface area contributed by atoms with Crippen molar-refractivity contribution in [2.45, 2.75) is 57.3 Å². The maximum atomic E-state index is 12.6. The van der Waals surface area contributed by atoms with E-state index in [0.717, 1.165) is 25.8 Å². The predicted octanol–water partition coefficient (Wildman–Crippen LogP) is 2.27. The molecule has 0 radical (unpaired) electrons. The lowest BCUT2D eigenvalue weighted by atomic mass is 10.0. The number of benzene rings is 1. The van der Waals surface area contributed by atoms with Crippen LogP contribution in [0.2, 0.25) is 0 Å². The van der Waals surface area contributed by atoms with Gasteiger partial charge < -0.3 is 20.1 Å². The summed E-state index contributed by atoms with van der Waals surface area (Å²) in [5, 5.41) is 11.6. The van der Waals surface area contributed by atoms with Crippen molar-refractivity contribution in [1.29, 1.82) is 0 Å². The Balaban J connectivity index is 1.58. The highest BCUT2D eigenvalue weighted by Gasteiger charge is 2.34. The van der Waals surface area contributed by atoms with Crippen LogP contribution in [0.4, 0.5) is 5.69 Å². The largest absolute Gasteiger partial charge is 0.479 e. The fraction of sp³-hybridized carbons (Fsp3) is 0.526.